The maximum Gasteiger partial charge on any atom is 0.410 e. The molecule has 1 saturated heterocycles. The molecule has 3 N–H and O–H groups in total. The van der Waals surface area contributed by atoms with E-state index in [-0.39, 0.29) is 30.6 Å². The fourth-order valence-corrected chi connectivity index (χ4v) is 2.67. The van der Waals surface area contributed by atoms with Crippen molar-refractivity contribution in [2.24, 2.45) is 11.7 Å². The number of carbonyl (C=O) groups is 2. The molecule has 1 fully saturated rings. The maximum absolute atomic E-state index is 12.2. The zero-order valence-electron chi connectivity index (χ0n) is 14.4. The zero-order chi connectivity index (χ0) is 17.5. The lowest BCUT2D eigenvalue weighted by Crippen LogP contribution is -2.54. The van der Waals surface area contributed by atoms with Crippen LogP contribution in [-0.4, -0.2) is 42.1 Å². The van der Waals surface area contributed by atoms with E-state index in [1.807, 2.05) is 44.2 Å². The Morgan fingerprint density at radius 3 is 2.71 bits per heavy atom. The first-order chi connectivity index (χ1) is 11.5. The molecule has 132 valence electrons. The van der Waals surface area contributed by atoms with E-state index in [9.17, 15) is 9.59 Å². The molecule has 0 spiro atoms. The fourth-order valence-electron chi connectivity index (χ4n) is 2.67. The number of ether oxygens (including phenoxy) is 1. The average molecular weight is 333 g/mol. The predicted octanol–water partition coefficient (Wildman–Crippen LogP) is 1.89. The maximum atomic E-state index is 12.2. The van der Waals surface area contributed by atoms with Crippen LogP contribution in [0.5, 0.6) is 0 Å². The number of nitrogens with two attached hydrogens (primary N) is 1. The van der Waals surface area contributed by atoms with Crippen molar-refractivity contribution in [2.75, 3.05) is 13.1 Å². The number of hydrogen-bond donors (Lipinski definition) is 2. The Bertz CT molecular complexity index is 548. The van der Waals surface area contributed by atoms with Crippen LogP contribution in [-0.2, 0) is 16.1 Å². The third kappa shape index (κ3) is 5.23. The Labute approximate surface area is 143 Å². The molecule has 6 heteroatoms. The molecule has 24 heavy (non-hydrogen) atoms. The van der Waals surface area contributed by atoms with E-state index in [1.54, 1.807) is 4.90 Å². The van der Waals surface area contributed by atoms with Gasteiger partial charge in [-0.25, -0.2) is 4.79 Å². The molecule has 1 aliphatic heterocycles. The summed E-state index contributed by atoms with van der Waals surface area (Å²) in [5, 5.41) is 2.95. The third-order valence-electron chi connectivity index (χ3n) is 4.25. The summed E-state index contributed by atoms with van der Waals surface area (Å²) in [6.45, 7) is 5.20. The van der Waals surface area contributed by atoms with Crippen molar-refractivity contribution >= 4 is 12.0 Å². The quantitative estimate of drug-likeness (QED) is 0.862. The van der Waals surface area contributed by atoms with Gasteiger partial charge in [-0.1, -0.05) is 44.2 Å². The van der Waals surface area contributed by atoms with Crippen LogP contribution < -0.4 is 11.1 Å². The number of carbonyl (C=O) groups excluding carboxylic acids is 2. The van der Waals surface area contributed by atoms with Gasteiger partial charge in [0, 0.05) is 19.1 Å². The Morgan fingerprint density at radius 1 is 1.33 bits per heavy atom. The fraction of sp³-hybridized carbons (Fsp3) is 0.556. The highest BCUT2D eigenvalue weighted by molar-refractivity contribution is 5.82. The zero-order valence-corrected chi connectivity index (χ0v) is 14.4. The SMILES string of the molecule is CC(C)[C@H](N)C(=O)NC1CCCN(C(=O)OCc2ccccc2)C1. The molecule has 0 aliphatic carbocycles. The Morgan fingerprint density at radius 2 is 2.04 bits per heavy atom. The molecule has 1 aliphatic rings. The molecular weight excluding hydrogens is 306 g/mol. The molecule has 2 atom stereocenters. The lowest BCUT2D eigenvalue weighted by atomic mass is 10.0. The third-order valence-corrected chi connectivity index (χ3v) is 4.25. The molecule has 0 aromatic heterocycles. The lowest BCUT2D eigenvalue weighted by molar-refractivity contribution is -0.124. The first-order valence-corrected chi connectivity index (χ1v) is 8.49. The smallest absolute Gasteiger partial charge is 0.410 e. The Balaban J connectivity index is 1.81. The number of piperidine rings is 1. The summed E-state index contributed by atoms with van der Waals surface area (Å²) >= 11 is 0. The van der Waals surface area contributed by atoms with E-state index in [0.29, 0.717) is 13.1 Å². The van der Waals surface area contributed by atoms with Gasteiger partial charge in [0.1, 0.15) is 6.61 Å². The van der Waals surface area contributed by atoms with Crippen LogP contribution in [0, 0.1) is 5.92 Å². The second-order valence-electron chi connectivity index (χ2n) is 6.60. The minimum Gasteiger partial charge on any atom is -0.445 e. The van der Waals surface area contributed by atoms with Crippen molar-refractivity contribution in [3.63, 3.8) is 0 Å². The van der Waals surface area contributed by atoms with E-state index in [2.05, 4.69) is 5.32 Å². The number of amides is 2. The van der Waals surface area contributed by atoms with E-state index in [4.69, 9.17) is 10.5 Å². The van der Waals surface area contributed by atoms with Crippen LogP contribution in [0.3, 0.4) is 0 Å². The summed E-state index contributed by atoms with van der Waals surface area (Å²) in [5.74, 6) is -0.0740. The van der Waals surface area contributed by atoms with Gasteiger partial charge in [0.25, 0.3) is 0 Å². The first-order valence-electron chi connectivity index (χ1n) is 8.49. The van der Waals surface area contributed by atoms with E-state index in [1.165, 1.54) is 0 Å². The van der Waals surface area contributed by atoms with Gasteiger partial charge in [-0.3, -0.25) is 4.79 Å². The van der Waals surface area contributed by atoms with Gasteiger partial charge < -0.3 is 20.7 Å². The lowest BCUT2D eigenvalue weighted by Gasteiger charge is -2.33. The summed E-state index contributed by atoms with van der Waals surface area (Å²) in [4.78, 5) is 25.9. The Kier molecular flexibility index (Phi) is 6.61. The van der Waals surface area contributed by atoms with Crippen molar-refractivity contribution in [3.05, 3.63) is 35.9 Å². The van der Waals surface area contributed by atoms with Gasteiger partial charge in [0.2, 0.25) is 5.91 Å². The molecule has 1 unspecified atom stereocenters. The number of nitrogens with zero attached hydrogens (tertiary/aromatic N) is 1. The number of hydrogen-bond acceptors (Lipinski definition) is 4. The Hall–Kier alpha value is -2.08. The molecule has 1 aromatic carbocycles. The summed E-state index contributed by atoms with van der Waals surface area (Å²) in [5.41, 5.74) is 6.82. The second kappa shape index (κ2) is 8.68. The van der Waals surface area contributed by atoms with Crippen LogP contribution in [0.25, 0.3) is 0 Å². The van der Waals surface area contributed by atoms with Crippen LogP contribution in [0.15, 0.2) is 30.3 Å². The summed E-state index contributed by atoms with van der Waals surface area (Å²) in [6, 6.07) is 8.98. The highest BCUT2D eigenvalue weighted by atomic mass is 16.6. The molecule has 0 radical (unpaired) electrons. The highest BCUT2D eigenvalue weighted by Gasteiger charge is 2.27. The molecule has 6 nitrogen and oxygen atoms in total. The normalized spacial score (nSPS) is 19.0. The topological polar surface area (TPSA) is 84.7 Å². The standard InChI is InChI=1S/C18H27N3O3/c1-13(2)16(19)17(22)20-15-9-6-10-21(11-15)18(23)24-12-14-7-4-3-5-8-14/h3-5,7-8,13,15-16H,6,9-12,19H2,1-2H3,(H,20,22)/t15?,16-/m0/s1. The number of likely N-dealkylation sites (tertiary alicyclic amines) is 1. The van der Waals surface area contributed by atoms with E-state index in [0.717, 1.165) is 18.4 Å². The molecule has 2 amide bonds. The molecular formula is C18H27N3O3. The molecule has 2 rings (SSSR count). The van der Waals surface area contributed by atoms with Gasteiger partial charge in [0.05, 0.1) is 6.04 Å². The number of nitrogens with one attached hydrogen (secondary N) is 1. The van der Waals surface area contributed by atoms with Crippen molar-refractivity contribution in [1.29, 1.82) is 0 Å². The van der Waals surface area contributed by atoms with Crippen LogP contribution in [0.4, 0.5) is 4.79 Å². The van der Waals surface area contributed by atoms with Gasteiger partial charge in [0.15, 0.2) is 0 Å². The van der Waals surface area contributed by atoms with Gasteiger partial charge >= 0.3 is 6.09 Å². The molecule has 0 bridgehead atoms. The van der Waals surface area contributed by atoms with Crippen LogP contribution >= 0.6 is 0 Å². The monoisotopic (exact) mass is 333 g/mol. The largest absolute Gasteiger partial charge is 0.445 e. The van der Waals surface area contributed by atoms with E-state index >= 15 is 0 Å². The number of benzene rings is 1. The van der Waals surface area contributed by atoms with Crippen molar-refractivity contribution in [3.8, 4) is 0 Å². The second-order valence-corrected chi connectivity index (χ2v) is 6.60. The van der Waals surface area contributed by atoms with Gasteiger partial charge in [-0.2, -0.15) is 0 Å². The molecule has 1 aromatic rings. The predicted molar refractivity (Wildman–Crippen MR) is 92.2 cm³/mol. The average Bonchev–Trinajstić information content (AvgIpc) is 2.60. The first kappa shape index (κ1) is 18.3. The summed E-state index contributed by atoms with van der Waals surface area (Å²) < 4.78 is 5.36. The summed E-state index contributed by atoms with van der Waals surface area (Å²) in [6.07, 6.45) is 1.34. The van der Waals surface area contributed by atoms with Crippen molar-refractivity contribution in [1.82, 2.24) is 10.2 Å². The number of rotatable bonds is 5. The van der Waals surface area contributed by atoms with Gasteiger partial charge in [-0.15, -0.1) is 0 Å². The minimum absolute atomic E-state index is 0.0691. The minimum atomic E-state index is -0.523. The summed E-state index contributed by atoms with van der Waals surface area (Å²) in [7, 11) is 0. The molecule has 0 saturated carbocycles. The van der Waals surface area contributed by atoms with Crippen LogP contribution in [0.2, 0.25) is 0 Å². The van der Waals surface area contributed by atoms with Crippen LogP contribution in [0.1, 0.15) is 32.3 Å². The highest BCUT2D eigenvalue weighted by Crippen LogP contribution is 2.13. The van der Waals surface area contributed by atoms with Crippen molar-refractivity contribution < 1.29 is 14.3 Å². The van der Waals surface area contributed by atoms with Crippen molar-refractivity contribution in [2.45, 2.75) is 45.4 Å². The van der Waals surface area contributed by atoms with E-state index < -0.39 is 6.04 Å². The molecule has 1 heterocycles. The van der Waals surface area contributed by atoms with Gasteiger partial charge in [-0.05, 0) is 24.3 Å².